The van der Waals surface area contributed by atoms with E-state index in [1.54, 1.807) is 0 Å². The molecule has 1 aliphatic heterocycles. The molecule has 3 N–H and O–H groups in total. The summed E-state index contributed by atoms with van der Waals surface area (Å²) in [5, 5.41) is 7.93. The van der Waals surface area contributed by atoms with Crippen LogP contribution in [0.1, 0.15) is 12.5 Å². The molecule has 0 saturated carbocycles. The zero-order valence-electron chi connectivity index (χ0n) is 17.2. The Morgan fingerprint density at radius 3 is 2.43 bits per heavy atom. The van der Waals surface area contributed by atoms with Crippen LogP contribution < -0.4 is 15.4 Å². The number of anilines is 2. The molecule has 0 radical (unpaired) electrons. The summed E-state index contributed by atoms with van der Waals surface area (Å²) in [7, 11) is -1.85. The highest BCUT2D eigenvalue weighted by molar-refractivity contribution is 7.89. The predicted octanol–water partition coefficient (Wildman–Crippen LogP) is 1.63. The fourth-order valence-corrected chi connectivity index (χ4v) is 3.85. The maximum absolute atomic E-state index is 12.7. The minimum Gasteiger partial charge on any atom is -0.378 e. The van der Waals surface area contributed by atoms with Crippen molar-refractivity contribution in [3.63, 3.8) is 0 Å². The van der Waals surface area contributed by atoms with Gasteiger partial charge in [-0.05, 0) is 49.9 Å². The first-order chi connectivity index (χ1) is 14.3. The minimum atomic E-state index is -3.76. The molecular weight excluding hydrogens is 404 g/mol. The van der Waals surface area contributed by atoms with E-state index in [0.29, 0.717) is 25.4 Å². The molecule has 0 aromatic heterocycles. The highest BCUT2D eigenvalue weighted by atomic mass is 32.2. The zero-order valence-corrected chi connectivity index (χ0v) is 18.1. The Labute approximate surface area is 177 Å². The van der Waals surface area contributed by atoms with Gasteiger partial charge in [-0.25, -0.2) is 13.6 Å². The molecule has 0 unspecified atom stereocenters. The normalized spacial score (nSPS) is 15.8. The van der Waals surface area contributed by atoms with Crippen molar-refractivity contribution in [2.75, 3.05) is 43.6 Å². The Morgan fingerprint density at radius 2 is 1.80 bits per heavy atom. The number of sulfonamides is 1. The van der Waals surface area contributed by atoms with Gasteiger partial charge in [-0.15, -0.1) is 0 Å². The van der Waals surface area contributed by atoms with Crippen LogP contribution in [0.15, 0.2) is 53.4 Å². The summed E-state index contributed by atoms with van der Waals surface area (Å²) in [6, 6.07) is 13.6. The van der Waals surface area contributed by atoms with Crippen molar-refractivity contribution in [3.8, 4) is 0 Å². The van der Waals surface area contributed by atoms with Gasteiger partial charge in [0.05, 0.1) is 24.2 Å². The van der Waals surface area contributed by atoms with Gasteiger partial charge in [0.2, 0.25) is 15.9 Å². The third-order valence-electron chi connectivity index (χ3n) is 5.25. The fourth-order valence-electron chi connectivity index (χ4n) is 3.34. The van der Waals surface area contributed by atoms with Gasteiger partial charge in [0.25, 0.3) is 0 Å². The lowest BCUT2D eigenvalue weighted by molar-refractivity contribution is -0.120. The number of para-hydroxylation sites is 1. The van der Waals surface area contributed by atoms with E-state index in [0.717, 1.165) is 18.7 Å². The summed E-state index contributed by atoms with van der Waals surface area (Å²) < 4.78 is 28.2. The number of ether oxygens (including phenoxy) is 1. The van der Waals surface area contributed by atoms with Crippen LogP contribution >= 0.6 is 0 Å². The summed E-state index contributed by atoms with van der Waals surface area (Å²) in [4.78, 5) is 17.0. The van der Waals surface area contributed by atoms with Gasteiger partial charge in [0.15, 0.2) is 0 Å². The second-order valence-corrected chi connectivity index (χ2v) is 8.94. The number of amides is 1. The monoisotopic (exact) mass is 432 g/mol. The number of rotatable bonds is 7. The van der Waals surface area contributed by atoms with E-state index in [1.807, 2.05) is 31.0 Å². The Kier molecular flexibility index (Phi) is 7.09. The Bertz CT molecular complexity index is 973. The van der Waals surface area contributed by atoms with Gasteiger partial charge in [-0.1, -0.05) is 18.2 Å². The molecule has 2 aromatic carbocycles. The number of likely N-dealkylation sites (N-methyl/N-ethyl adjacent to an activating group) is 1. The Hall–Kier alpha value is -2.46. The highest BCUT2D eigenvalue weighted by Crippen LogP contribution is 2.23. The number of hydrogen-bond acceptors (Lipinski definition) is 6. The first-order valence-corrected chi connectivity index (χ1v) is 11.3. The molecule has 0 spiro atoms. The summed E-state index contributed by atoms with van der Waals surface area (Å²) in [6.45, 7) is 5.59. The van der Waals surface area contributed by atoms with Crippen molar-refractivity contribution < 1.29 is 17.9 Å². The van der Waals surface area contributed by atoms with Crippen molar-refractivity contribution in [1.82, 2.24) is 4.90 Å². The van der Waals surface area contributed by atoms with E-state index in [4.69, 9.17) is 9.88 Å². The molecule has 1 saturated heterocycles. The van der Waals surface area contributed by atoms with Crippen molar-refractivity contribution in [1.29, 1.82) is 0 Å². The van der Waals surface area contributed by atoms with E-state index in [1.165, 1.54) is 30.0 Å². The molecule has 2 aromatic rings. The summed E-state index contributed by atoms with van der Waals surface area (Å²) in [6.07, 6.45) is 0. The van der Waals surface area contributed by atoms with Gasteiger partial charge >= 0.3 is 0 Å². The van der Waals surface area contributed by atoms with Gasteiger partial charge in [-0.2, -0.15) is 0 Å². The standard InChI is InChI=1S/C21H28N4O4S/c1-16(21(26)23-18-7-9-19(10-8-18)30(22,27)28)24(2)15-17-5-3-4-6-20(17)25-11-13-29-14-12-25/h3-10,16H,11-15H2,1-2H3,(H,23,26)(H2,22,27,28)/t16-/m1/s1. The maximum Gasteiger partial charge on any atom is 0.241 e. The van der Waals surface area contributed by atoms with E-state index in [2.05, 4.69) is 22.3 Å². The number of nitrogens with two attached hydrogens (primary N) is 1. The quantitative estimate of drug-likeness (QED) is 0.689. The first kappa shape index (κ1) is 22.2. The zero-order chi connectivity index (χ0) is 21.7. The first-order valence-electron chi connectivity index (χ1n) is 9.80. The van der Waals surface area contributed by atoms with Crippen LogP contribution in [0.5, 0.6) is 0 Å². The second kappa shape index (κ2) is 9.57. The predicted molar refractivity (Wildman–Crippen MR) is 117 cm³/mol. The number of nitrogens with one attached hydrogen (secondary N) is 1. The third-order valence-corrected chi connectivity index (χ3v) is 6.18. The second-order valence-electron chi connectivity index (χ2n) is 7.38. The van der Waals surface area contributed by atoms with Crippen LogP contribution in [-0.2, 0) is 26.1 Å². The lowest BCUT2D eigenvalue weighted by Crippen LogP contribution is -2.40. The molecule has 1 atom stereocenters. The number of benzene rings is 2. The van der Waals surface area contributed by atoms with Crippen molar-refractivity contribution in [3.05, 3.63) is 54.1 Å². The SMILES string of the molecule is C[C@H](C(=O)Nc1ccc(S(N)(=O)=O)cc1)N(C)Cc1ccccc1N1CCOCC1. The average Bonchev–Trinajstić information content (AvgIpc) is 2.74. The van der Waals surface area contributed by atoms with Gasteiger partial charge in [0.1, 0.15) is 0 Å². The van der Waals surface area contributed by atoms with Crippen LogP contribution in [0.2, 0.25) is 0 Å². The smallest absolute Gasteiger partial charge is 0.241 e. The van der Waals surface area contributed by atoms with E-state index in [-0.39, 0.29) is 16.8 Å². The molecule has 0 bridgehead atoms. The molecule has 1 heterocycles. The van der Waals surface area contributed by atoms with Crippen LogP contribution in [0, 0.1) is 0 Å². The molecule has 1 amide bonds. The van der Waals surface area contributed by atoms with Crippen LogP contribution in [0.3, 0.4) is 0 Å². The highest BCUT2D eigenvalue weighted by Gasteiger charge is 2.21. The molecule has 1 fully saturated rings. The van der Waals surface area contributed by atoms with E-state index >= 15 is 0 Å². The molecule has 3 rings (SSSR count). The largest absolute Gasteiger partial charge is 0.378 e. The minimum absolute atomic E-state index is 0.00499. The maximum atomic E-state index is 12.7. The Balaban J connectivity index is 1.64. The van der Waals surface area contributed by atoms with E-state index < -0.39 is 10.0 Å². The van der Waals surface area contributed by atoms with Crippen molar-refractivity contribution in [2.45, 2.75) is 24.4 Å². The topological polar surface area (TPSA) is 105 Å². The Morgan fingerprint density at radius 1 is 1.17 bits per heavy atom. The number of hydrogen-bond donors (Lipinski definition) is 2. The third kappa shape index (κ3) is 5.57. The molecule has 30 heavy (non-hydrogen) atoms. The van der Waals surface area contributed by atoms with Gasteiger partial charge in [0, 0.05) is 31.0 Å². The molecule has 8 nitrogen and oxygen atoms in total. The summed E-state index contributed by atoms with van der Waals surface area (Å²) >= 11 is 0. The number of primary sulfonamides is 1. The number of carbonyl (C=O) groups is 1. The van der Waals surface area contributed by atoms with Crippen LogP contribution in [0.25, 0.3) is 0 Å². The van der Waals surface area contributed by atoms with E-state index in [9.17, 15) is 13.2 Å². The van der Waals surface area contributed by atoms with Crippen LogP contribution in [0.4, 0.5) is 11.4 Å². The molecule has 162 valence electrons. The number of morpholine rings is 1. The number of carbonyl (C=O) groups excluding carboxylic acids is 1. The van der Waals surface area contributed by atoms with Crippen molar-refractivity contribution in [2.24, 2.45) is 5.14 Å². The lowest BCUT2D eigenvalue weighted by Gasteiger charge is -2.32. The molecule has 9 heteroatoms. The molecule has 0 aliphatic carbocycles. The fraction of sp³-hybridized carbons (Fsp3) is 0.381. The molecule has 1 aliphatic rings. The average molecular weight is 433 g/mol. The van der Waals surface area contributed by atoms with Gasteiger partial charge < -0.3 is 15.0 Å². The molecular formula is C21H28N4O4S. The summed E-state index contributed by atoms with van der Waals surface area (Å²) in [5.74, 6) is -0.176. The van der Waals surface area contributed by atoms with Crippen LogP contribution in [-0.4, -0.2) is 58.6 Å². The summed E-state index contributed by atoms with van der Waals surface area (Å²) in [5.41, 5.74) is 2.83. The number of nitrogens with zero attached hydrogens (tertiary/aromatic N) is 2. The van der Waals surface area contributed by atoms with Gasteiger partial charge in [-0.3, -0.25) is 9.69 Å². The van der Waals surface area contributed by atoms with Crippen molar-refractivity contribution >= 4 is 27.3 Å². The lowest BCUT2D eigenvalue weighted by atomic mass is 10.1.